The number of hydrogen-bond acceptors (Lipinski definition) is 4. The minimum atomic E-state index is -3.45. The highest BCUT2D eigenvalue weighted by Crippen LogP contribution is 2.30. The molecule has 7 heteroatoms. The number of para-hydroxylation sites is 2. The first-order chi connectivity index (χ1) is 14.4. The summed E-state index contributed by atoms with van der Waals surface area (Å²) >= 11 is 0. The van der Waals surface area contributed by atoms with E-state index in [0.717, 1.165) is 17.4 Å². The molecule has 0 bridgehead atoms. The summed E-state index contributed by atoms with van der Waals surface area (Å²) in [7, 11) is -1.86. The van der Waals surface area contributed by atoms with Gasteiger partial charge < -0.3 is 10.1 Å². The molecular weight excluding hydrogens is 400 g/mol. The molecule has 156 valence electrons. The minimum Gasteiger partial charge on any atom is -0.496 e. The Morgan fingerprint density at radius 2 is 1.57 bits per heavy atom. The van der Waals surface area contributed by atoms with Crippen LogP contribution < -0.4 is 14.8 Å². The van der Waals surface area contributed by atoms with E-state index in [1.807, 2.05) is 54.6 Å². The fraction of sp³-hybridized carbons (Fsp3) is 0.174. The number of sulfonamides is 1. The summed E-state index contributed by atoms with van der Waals surface area (Å²) in [5.74, 6) is 0.434. The van der Waals surface area contributed by atoms with Gasteiger partial charge >= 0.3 is 0 Å². The summed E-state index contributed by atoms with van der Waals surface area (Å²) in [5, 5.41) is 3.07. The van der Waals surface area contributed by atoms with Crippen molar-refractivity contribution in [3.05, 3.63) is 95.6 Å². The van der Waals surface area contributed by atoms with E-state index in [9.17, 15) is 13.2 Å². The molecule has 1 amide bonds. The van der Waals surface area contributed by atoms with Gasteiger partial charge in [0, 0.05) is 5.56 Å². The third-order valence-corrected chi connectivity index (χ3v) is 5.14. The molecule has 1 atom stereocenters. The van der Waals surface area contributed by atoms with Crippen LogP contribution in [0.2, 0.25) is 0 Å². The van der Waals surface area contributed by atoms with Crippen molar-refractivity contribution in [1.29, 1.82) is 0 Å². The molecule has 0 aliphatic carbocycles. The largest absolute Gasteiger partial charge is 0.496 e. The van der Waals surface area contributed by atoms with Crippen molar-refractivity contribution in [3.63, 3.8) is 0 Å². The Labute approximate surface area is 177 Å². The first-order valence-electron chi connectivity index (χ1n) is 9.40. The predicted octanol–water partition coefficient (Wildman–Crippen LogP) is 3.52. The number of carbonyl (C=O) groups excluding carboxylic acids is 1. The van der Waals surface area contributed by atoms with Gasteiger partial charge in [0.2, 0.25) is 15.9 Å². The fourth-order valence-corrected chi connectivity index (χ4v) is 3.85. The van der Waals surface area contributed by atoms with Crippen molar-refractivity contribution in [3.8, 4) is 5.75 Å². The zero-order valence-electron chi connectivity index (χ0n) is 16.8. The molecule has 30 heavy (non-hydrogen) atoms. The van der Waals surface area contributed by atoms with E-state index in [2.05, 4.69) is 10.0 Å². The summed E-state index contributed by atoms with van der Waals surface area (Å²) < 4.78 is 31.2. The summed E-state index contributed by atoms with van der Waals surface area (Å²) in [5.41, 5.74) is 2.73. The van der Waals surface area contributed by atoms with Gasteiger partial charge in [-0.25, -0.2) is 8.42 Å². The molecule has 0 radical (unpaired) electrons. The molecule has 3 aromatic rings. The normalized spacial score (nSPS) is 12.1. The quantitative estimate of drug-likeness (QED) is 0.580. The number of anilines is 1. The van der Waals surface area contributed by atoms with Crippen LogP contribution in [0.15, 0.2) is 78.9 Å². The van der Waals surface area contributed by atoms with Gasteiger partial charge in [-0.15, -0.1) is 0 Å². The highest BCUT2D eigenvalue weighted by molar-refractivity contribution is 7.92. The molecule has 0 aliphatic heterocycles. The van der Waals surface area contributed by atoms with Crippen LogP contribution in [-0.4, -0.2) is 27.7 Å². The lowest BCUT2D eigenvalue weighted by molar-refractivity contribution is -0.120. The zero-order chi connectivity index (χ0) is 21.6. The second-order valence-electron chi connectivity index (χ2n) is 6.86. The van der Waals surface area contributed by atoms with Crippen LogP contribution in [0.1, 0.15) is 22.7 Å². The van der Waals surface area contributed by atoms with Gasteiger partial charge in [-0.1, -0.05) is 66.7 Å². The van der Waals surface area contributed by atoms with E-state index in [4.69, 9.17) is 4.74 Å². The van der Waals surface area contributed by atoms with Crippen LogP contribution in [-0.2, 0) is 21.2 Å². The third kappa shape index (κ3) is 5.61. The van der Waals surface area contributed by atoms with Gasteiger partial charge in [0.15, 0.2) is 0 Å². The van der Waals surface area contributed by atoms with E-state index < -0.39 is 16.1 Å². The maximum absolute atomic E-state index is 13.0. The fourth-order valence-electron chi connectivity index (χ4n) is 3.25. The van der Waals surface area contributed by atoms with E-state index in [1.54, 1.807) is 31.4 Å². The van der Waals surface area contributed by atoms with Crippen molar-refractivity contribution in [1.82, 2.24) is 5.32 Å². The van der Waals surface area contributed by atoms with Gasteiger partial charge in [0.25, 0.3) is 0 Å². The van der Waals surface area contributed by atoms with Crippen molar-refractivity contribution in [2.45, 2.75) is 12.5 Å². The summed E-state index contributed by atoms with van der Waals surface area (Å²) in [6.45, 7) is 0. The molecule has 0 aliphatic rings. The summed E-state index contributed by atoms with van der Waals surface area (Å²) in [4.78, 5) is 13.0. The smallest absolute Gasteiger partial charge is 0.229 e. The van der Waals surface area contributed by atoms with Gasteiger partial charge in [0.05, 0.1) is 31.5 Å². The monoisotopic (exact) mass is 424 g/mol. The molecule has 0 saturated carbocycles. The van der Waals surface area contributed by atoms with Gasteiger partial charge in [0.1, 0.15) is 5.75 Å². The molecule has 0 heterocycles. The Balaban J connectivity index is 1.89. The molecule has 1 unspecified atom stereocenters. The Bertz CT molecular complexity index is 1110. The summed E-state index contributed by atoms with van der Waals surface area (Å²) in [6, 6.07) is 23.6. The first kappa shape index (κ1) is 21.4. The molecule has 0 aromatic heterocycles. The Morgan fingerprint density at radius 3 is 2.27 bits per heavy atom. The minimum absolute atomic E-state index is 0.0250. The first-order valence-corrected chi connectivity index (χ1v) is 11.3. The number of hydrogen-bond donors (Lipinski definition) is 2. The van der Waals surface area contributed by atoms with Crippen LogP contribution in [0.3, 0.4) is 0 Å². The van der Waals surface area contributed by atoms with Gasteiger partial charge in [-0.3, -0.25) is 9.52 Å². The van der Waals surface area contributed by atoms with Crippen LogP contribution in [0.5, 0.6) is 5.75 Å². The number of amides is 1. The topological polar surface area (TPSA) is 84.5 Å². The highest BCUT2D eigenvalue weighted by atomic mass is 32.2. The summed E-state index contributed by atoms with van der Waals surface area (Å²) in [6.07, 6.45) is 1.11. The van der Waals surface area contributed by atoms with Crippen LogP contribution in [0.25, 0.3) is 0 Å². The highest BCUT2D eigenvalue weighted by Gasteiger charge is 2.21. The molecule has 2 N–H and O–H groups in total. The second kappa shape index (κ2) is 9.45. The average molecular weight is 425 g/mol. The van der Waals surface area contributed by atoms with Crippen molar-refractivity contribution < 1.29 is 17.9 Å². The molecule has 3 rings (SSSR count). The molecule has 6 nitrogen and oxygen atoms in total. The van der Waals surface area contributed by atoms with E-state index in [1.165, 1.54) is 0 Å². The number of rotatable bonds is 8. The lowest BCUT2D eigenvalue weighted by Gasteiger charge is -2.22. The van der Waals surface area contributed by atoms with Crippen LogP contribution >= 0.6 is 0 Å². The molecule has 0 fully saturated rings. The lowest BCUT2D eigenvalue weighted by atomic mass is 9.97. The van der Waals surface area contributed by atoms with Crippen molar-refractivity contribution in [2.24, 2.45) is 0 Å². The number of benzene rings is 3. The predicted molar refractivity (Wildman–Crippen MR) is 118 cm³/mol. The Hall–Kier alpha value is -3.32. The van der Waals surface area contributed by atoms with Crippen LogP contribution in [0.4, 0.5) is 5.69 Å². The van der Waals surface area contributed by atoms with Crippen LogP contribution in [0, 0.1) is 0 Å². The lowest BCUT2D eigenvalue weighted by Crippen LogP contribution is -2.31. The van der Waals surface area contributed by atoms with Gasteiger partial charge in [-0.05, 0) is 23.3 Å². The maximum Gasteiger partial charge on any atom is 0.229 e. The van der Waals surface area contributed by atoms with Crippen molar-refractivity contribution in [2.75, 3.05) is 18.1 Å². The molecule has 0 saturated heterocycles. The number of carbonyl (C=O) groups is 1. The zero-order valence-corrected chi connectivity index (χ0v) is 17.6. The number of nitrogens with one attached hydrogen (secondary N) is 2. The Kier molecular flexibility index (Phi) is 6.74. The number of ether oxygens (including phenoxy) is 1. The molecule has 3 aromatic carbocycles. The van der Waals surface area contributed by atoms with Crippen molar-refractivity contribution >= 4 is 21.6 Å². The Morgan fingerprint density at radius 1 is 0.933 bits per heavy atom. The number of methoxy groups -OCH3 is 1. The SMILES string of the molecule is COc1ccccc1C(NC(=O)Cc1ccccc1NS(C)(=O)=O)c1ccccc1. The van der Waals surface area contributed by atoms with Gasteiger partial charge in [-0.2, -0.15) is 0 Å². The maximum atomic E-state index is 13.0. The third-order valence-electron chi connectivity index (χ3n) is 4.55. The van der Waals surface area contributed by atoms with E-state index in [-0.39, 0.29) is 12.3 Å². The molecular formula is C23H24N2O4S. The second-order valence-corrected chi connectivity index (χ2v) is 8.61. The van der Waals surface area contributed by atoms with E-state index >= 15 is 0 Å². The molecule has 0 spiro atoms. The average Bonchev–Trinajstić information content (AvgIpc) is 2.73. The van der Waals surface area contributed by atoms with E-state index in [0.29, 0.717) is 17.0 Å². The standard InChI is InChI=1S/C23H24N2O4S/c1-29-21-15-9-7-13-19(21)23(17-10-4-3-5-11-17)24-22(26)16-18-12-6-8-14-20(18)25-30(2,27)28/h3-15,23,25H,16H2,1-2H3,(H,24,26).